The molecule has 24 heavy (non-hydrogen) atoms. The van der Waals surface area contributed by atoms with E-state index in [2.05, 4.69) is 19.9 Å². The highest BCUT2D eigenvalue weighted by Gasteiger charge is 2.61. The molecule has 0 unspecified atom stereocenters. The zero-order valence-electron chi connectivity index (χ0n) is 14.5. The Morgan fingerprint density at radius 2 is 2.25 bits per heavy atom. The largest absolute Gasteiger partial charge is 0.472 e. The molecule has 130 valence electrons. The molecule has 1 N–H and O–H groups in total. The Labute approximate surface area is 142 Å². The fourth-order valence-electron chi connectivity index (χ4n) is 5.63. The molecular formula is C20H26O4. The third kappa shape index (κ3) is 2.12. The topological polar surface area (TPSA) is 59.7 Å². The van der Waals surface area contributed by atoms with Gasteiger partial charge in [-0.2, -0.15) is 0 Å². The van der Waals surface area contributed by atoms with E-state index in [-0.39, 0.29) is 16.8 Å². The zero-order valence-corrected chi connectivity index (χ0v) is 14.5. The van der Waals surface area contributed by atoms with Gasteiger partial charge in [-0.25, -0.2) is 4.79 Å². The Morgan fingerprint density at radius 1 is 1.42 bits per heavy atom. The van der Waals surface area contributed by atoms with Crippen molar-refractivity contribution in [3.8, 4) is 0 Å². The lowest BCUT2D eigenvalue weighted by atomic mass is 9.46. The first-order valence-corrected chi connectivity index (χ1v) is 9.05. The summed E-state index contributed by atoms with van der Waals surface area (Å²) >= 11 is 0. The average Bonchev–Trinajstić information content (AvgIpc) is 3.20. The van der Waals surface area contributed by atoms with Gasteiger partial charge in [0.2, 0.25) is 0 Å². The van der Waals surface area contributed by atoms with Crippen LogP contribution in [0.15, 0.2) is 34.7 Å². The number of carbonyl (C=O) groups excluding carboxylic acids is 1. The van der Waals surface area contributed by atoms with Gasteiger partial charge in [0.15, 0.2) is 0 Å². The Kier molecular flexibility index (Phi) is 3.64. The third-order valence-corrected chi connectivity index (χ3v) is 7.19. The quantitative estimate of drug-likeness (QED) is 0.850. The van der Waals surface area contributed by atoms with Gasteiger partial charge < -0.3 is 14.3 Å². The number of cyclic esters (lactones) is 1. The van der Waals surface area contributed by atoms with Crippen LogP contribution in [-0.4, -0.2) is 17.7 Å². The normalized spacial score (nSPS) is 39.6. The molecule has 5 atom stereocenters. The van der Waals surface area contributed by atoms with Crippen LogP contribution in [-0.2, 0) is 9.53 Å². The molecule has 1 saturated heterocycles. The van der Waals surface area contributed by atoms with Gasteiger partial charge >= 0.3 is 5.97 Å². The van der Waals surface area contributed by atoms with Crippen LogP contribution in [0.5, 0.6) is 0 Å². The minimum Gasteiger partial charge on any atom is -0.472 e. The molecule has 0 aromatic carbocycles. The molecule has 3 aliphatic rings. The lowest BCUT2D eigenvalue weighted by Crippen LogP contribution is -2.52. The Hall–Kier alpha value is -1.55. The molecule has 4 heteroatoms. The van der Waals surface area contributed by atoms with Gasteiger partial charge in [-0.15, -0.1) is 0 Å². The van der Waals surface area contributed by atoms with Gasteiger partial charge in [0.25, 0.3) is 0 Å². The van der Waals surface area contributed by atoms with Crippen molar-refractivity contribution in [1.82, 2.24) is 0 Å². The fraction of sp³-hybridized carbons (Fsp3) is 0.650. The molecule has 1 saturated carbocycles. The first kappa shape index (κ1) is 15.9. The van der Waals surface area contributed by atoms with Crippen molar-refractivity contribution >= 4 is 5.97 Å². The van der Waals surface area contributed by atoms with Crippen molar-refractivity contribution in [2.24, 2.45) is 22.7 Å². The minimum absolute atomic E-state index is 0.0254. The predicted molar refractivity (Wildman–Crippen MR) is 89.0 cm³/mol. The predicted octanol–water partition coefficient (Wildman–Crippen LogP) is 4.02. The van der Waals surface area contributed by atoms with Crippen LogP contribution >= 0.6 is 0 Å². The van der Waals surface area contributed by atoms with Crippen molar-refractivity contribution in [3.63, 3.8) is 0 Å². The van der Waals surface area contributed by atoms with Crippen LogP contribution in [0.4, 0.5) is 0 Å². The lowest BCUT2D eigenvalue weighted by molar-refractivity contribution is -0.135. The fourth-order valence-corrected chi connectivity index (χ4v) is 5.63. The smallest absolute Gasteiger partial charge is 0.334 e. The summed E-state index contributed by atoms with van der Waals surface area (Å²) < 4.78 is 10.6. The number of furan rings is 1. The molecule has 4 nitrogen and oxygen atoms in total. The molecule has 2 aliphatic carbocycles. The van der Waals surface area contributed by atoms with Crippen LogP contribution in [0, 0.1) is 22.7 Å². The molecule has 2 fully saturated rings. The maximum Gasteiger partial charge on any atom is 0.334 e. The van der Waals surface area contributed by atoms with Gasteiger partial charge in [0.05, 0.1) is 18.6 Å². The summed E-state index contributed by atoms with van der Waals surface area (Å²) in [5.41, 5.74) is 1.60. The first-order valence-electron chi connectivity index (χ1n) is 9.05. The molecule has 1 aliphatic heterocycles. The number of carbonyl (C=O) groups is 1. The van der Waals surface area contributed by atoms with Crippen molar-refractivity contribution in [1.29, 1.82) is 0 Å². The van der Waals surface area contributed by atoms with Crippen LogP contribution in [0.1, 0.15) is 57.6 Å². The second-order valence-corrected chi connectivity index (χ2v) is 8.20. The number of aliphatic hydroxyl groups excluding tert-OH is 1. The SMILES string of the molecule is C[C@@H]1CC[C@@]23COC(=O)C2=CCC[C@@H]3[C@@]1(C)C[C@@H](O)c1ccoc1. The first-order chi connectivity index (χ1) is 11.5. The van der Waals surface area contributed by atoms with E-state index in [1.165, 1.54) is 0 Å². The molecule has 0 amide bonds. The van der Waals surface area contributed by atoms with Crippen LogP contribution in [0.2, 0.25) is 0 Å². The van der Waals surface area contributed by atoms with Crippen molar-refractivity contribution in [2.75, 3.05) is 6.61 Å². The minimum atomic E-state index is -0.529. The number of ether oxygens (including phenoxy) is 1. The van der Waals surface area contributed by atoms with Gasteiger partial charge in [0, 0.05) is 16.6 Å². The van der Waals surface area contributed by atoms with Crippen molar-refractivity contribution in [2.45, 2.75) is 52.1 Å². The summed E-state index contributed by atoms with van der Waals surface area (Å²) in [5.74, 6) is 0.762. The number of esters is 1. The highest BCUT2D eigenvalue weighted by molar-refractivity contribution is 5.92. The molecule has 1 aromatic heterocycles. The highest BCUT2D eigenvalue weighted by Crippen LogP contribution is 2.64. The van der Waals surface area contributed by atoms with Gasteiger partial charge in [-0.05, 0) is 55.4 Å². The number of hydrogen-bond donors (Lipinski definition) is 1. The number of aliphatic hydroxyl groups is 1. The molecule has 1 spiro atoms. The van der Waals surface area contributed by atoms with Gasteiger partial charge in [-0.1, -0.05) is 19.9 Å². The highest BCUT2D eigenvalue weighted by atomic mass is 16.5. The average molecular weight is 330 g/mol. The van der Waals surface area contributed by atoms with Crippen LogP contribution in [0.3, 0.4) is 0 Å². The molecule has 0 bridgehead atoms. The molecule has 1 aromatic rings. The Morgan fingerprint density at radius 3 is 3.00 bits per heavy atom. The summed E-state index contributed by atoms with van der Waals surface area (Å²) in [5, 5.41) is 10.8. The monoisotopic (exact) mass is 330 g/mol. The standard InChI is InChI=1S/C20H26O4/c1-13-6-8-20-12-24-18(22)15(20)4-3-5-17(20)19(13,2)10-16(21)14-7-9-23-11-14/h4,7,9,11,13,16-17,21H,3,5-6,8,10,12H2,1-2H3/t13-,16-,17-,19+,20-/m1/s1. The summed E-state index contributed by atoms with van der Waals surface area (Å²) in [6.45, 7) is 5.12. The van der Waals surface area contributed by atoms with Gasteiger partial charge in [0.1, 0.15) is 6.61 Å². The Bertz CT molecular complexity index is 661. The third-order valence-electron chi connectivity index (χ3n) is 7.19. The summed E-state index contributed by atoms with van der Waals surface area (Å²) in [6, 6.07) is 1.84. The lowest BCUT2D eigenvalue weighted by Gasteiger charge is -2.56. The number of rotatable bonds is 3. The summed E-state index contributed by atoms with van der Waals surface area (Å²) in [6.07, 6.45) is 9.60. The van der Waals surface area contributed by atoms with Crippen molar-refractivity contribution < 1.29 is 19.1 Å². The van der Waals surface area contributed by atoms with Crippen molar-refractivity contribution in [3.05, 3.63) is 35.8 Å². The summed E-state index contributed by atoms with van der Waals surface area (Å²) in [7, 11) is 0. The van der Waals surface area contributed by atoms with E-state index in [0.29, 0.717) is 24.9 Å². The molecule has 2 heterocycles. The van der Waals surface area contributed by atoms with E-state index in [0.717, 1.165) is 36.8 Å². The van der Waals surface area contributed by atoms with Gasteiger partial charge in [-0.3, -0.25) is 0 Å². The van der Waals surface area contributed by atoms with E-state index >= 15 is 0 Å². The Balaban J connectivity index is 1.69. The molecule has 4 rings (SSSR count). The van der Waals surface area contributed by atoms with E-state index in [1.807, 2.05) is 6.07 Å². The number of allylic oxidation sites excluding steroid dienone is 1. The second-order valence-electron chi connectivity index (χ2n) is 8.20. The van der Waals surface area contributed by atoms with E-state index in [9.17, 15) is 9.90 Å². The van der Waals surface area contributed by atoms with Crippen LogP contribution < -0.4 is 0 Å². The van der Waals surface area contributed by atoms with E-state index < -0.39 is 6.10 Å². The van der Waals surface area contributed by atoms with E-state index in [1.54, 1.807) is 12.5 Å². The molecule has 0 radical (unpaired) electrons. The maximum absolute atomic E-state index is 12.2. The van der Waals surface area contributed by atoms with Crippen LogP contribution in [0.25, 0.3) is 0 Å². The zero-order chi connectivity index (χ0) is 16.9. The second kappa shape index (κ2) is 5.48. The number of hydrogen-bond acceptors (Lipinski definition) is 4. The summed E-state index contributed by atoms with van der Waals surface area (Å²) in [4.78, 5) is 12.2. The molecular weight excluding hydrogens is 304 g/mol. The van der Waals surface area contributed by atoms with E-state index in [4.69, 9.17) is 9.15 Å². The maximum atomic E-state index is 12.2.